The molecule has 1 amide bonds. The first-order valence-electron chi connectivity index (χ1n) is 11.7. The van der Waals surface area contributed by atoms with Gasteiger partial charge in [-0.3, -0.25) is 9.52 Å². The summed E-state index contributed by atoms with van der Waals surface area (Å²) in [6, 6.07) is 19.6. The molecule has 8 heteroatoms. The fourth-order valence-corrected chi connectivity index (χ4v) is 5.27. The van der Waals surface area contributed by atoms with Crippen LogP contribution in [0, 0.1) is 13.8 Å². The minimum absolute atomic E-state index is 0.0508. The normalized spacial score (nSPS) is 14.4. The van der Waals surface area contributed by atoms with Gasteiger partial charge in [0.15, 0.2) is 0 Å². The Kier molecular flexibility index (Phi) is 7.31. The van der Waals surface area contributed by atoms with Gasteiger partial charge >= 0.3 is 0 Å². The minimum Gasteiger partial charge on any atom is -0.497 e. The van der Waals surface area contributed by atoms with Gasteiger partial charge in [-0.15, -0.1) is 0 Å². The van der Waals surface area contributed by atoms with E-state index in [1.54, 1.807) is 49.6 Å². The maximum atomic E-state index is 13.1. The number of sulfonamides is 1. The SMILES string of the molecule is COc1ccc(N2CCCN(C(=O)c3ccc(NS(=O)(=O)c4ccc(C)c(C)c4)cc3)CC2)cc1. The van der Waals surface area contributed by atoms with Gasteiger partial charge in [0.1, 0.15) is 5.75 Å². The van der Waals surface area contributed by atoms with Gasteiger partial charge < -0.3 is 14.5 Å². The summed E-state index contributed by atoms with van der Waals surface area (Å²) in [7, 11) is -2.06. The third-order valence-electron chi connectivity index (χ3n) is 6.39. The highest BCUT2D eigenvalue weighted by molar-refractivity contribution is 7.92. The Balaban J connectivity index is 1.39. The summed E-state index contributed by atoms with van der Waals surface area (Å²) >= 11 is 0. The zero-order valence-corrected chi connectivity index (χ0v) is 21.1. The first-order chi connectivity index (χ1) is 16.8. The van der Waals surface area contributed by atoms with Crippen LogP contribution >= 0.6 is 0 Å². The van der Waals surface area contributed by atoms with Crippen LogP contribution in [0.3, 0.4) is 0 Å². The number of ether oxygens (including phenoxy) is 1. The topological polar surface area (TPSA) is 79.0 Å². The summed E-state index contributed by atoms with van der Waals surface area (Å²) in [4.78, 5) is 17.5. The number of nitrogens with one attached hydrogen (secondary N) is 1. The van der Waals surface area contributed by atoms with Gasteiger partial charge in [-0.05, 0) is 92.1 Å². The van der Waals surface area contributed by atoms with Crippen molar-refractivity contribution in [1.29, 1.82) is 0 Å². The van der Waals surface area contributed by atoms with Crippen molar-refractivity contribution < 1.29 is 17.9 Å². The van der Waals surface area contributed by atoms with E-state index < -0.39 is 10.0 Å². The fraction of sp³-hybridized carbons (Fsp3) is 0.296. The van der Waals surface area contributed by atoms with Crippen molar-refractivity contribution in [2.24, 2.45) is 0 Å². The van der Waals surface area contributed by atoms with Crippen molar-refractivity contribution in [3.8, 4) is 5.75 Å². The molecule has 35 heavy (non-hydrogen) atoms. The molecule has 1 aliphatic rings. The number of methoxy groups -OCH3 is 1. The van der Waals surface area contributed by atoms with Crippen molar-refractivity contribution >= 4 is 27.3 Å². The number of benzene rings is 3. The van der Waals surface area contributed by atoms with Crippen LogP contribution < -0.4 is 14.4 Å². The molecule has 184 valence electrons. The number of nitrogens with zero attached hydrogens (tertiary/aromatic N) is 2. The molecule has 1 heterocycles. The molecule has 0 radical (unpaired) electrons. The molecule has 1 fully saturated rings. The standard InChI is InChI=1S/C27H31N3O4S/c1-20-5-14-26(19-21(20)2)35(32,33)28-23-8-6-22(7-9-23)27(31)30-16-4-15-29(17-18-30)24-10-12-25(34-3)13-11-24/h5-14,19,28H,4,15-18H2,1-3H3. The molecule has 0 aliphatic carbocycles. The van der Waals surface area contributed by atoms with Crippen molar-refractivity contribution in [3.05, 3.63) is 83.4 Å². The number of hydrogen-bond donors (Lipinski definition) is 1. The predicted molar refractivity (Wildman–Crippen MR) is 139 cm³/mol. The first kappa shape index (κ1) is 24.6. The van der Waals surface area contributed by atoms with Crippen LogP contribution in [0.15, 0.2) is 71.6 Å². The lowest BCUT2D eigenvalue weighted by atomic mass is 10.1. The lowest BCUT2D eigenvalue weighted by molar-refractivity contribution is 0.0767. The number of hydrogen-bond acceptors (Lipinski definition) is 5. The zero-order valence-electron chi connectivity index (χ0n) is 20.3. The van der Waals surface area contributed by atoms with Crippen molar-refractivity contribution in [3.63, 3.8) is 0 Å². The lowest BCUT2D eigenvalue weighted by Crippen LogP contribution is -2.35. The van der Waals surface area contributed by atoms with Crippen LogP contribution in [-0.2, 0) is 10.0 Å². The van der Waals surface area contributed by atoms with E-state index in [4.69, 9.17) is 4.74 Å². The Morgan fingerprint density at radius 1 is 0.857 bits per heavy atom. The number of amides is 1. The summed E-state index contributed by atoms with van der Waals surface area (Å²) in [5.74, 6) is 0.769. The molecule has 0 spiro atoms. The Morgan fingerprint density at radius 2 is 1.57 bits per heavy atom. The van der Waals surface area contributed by atoms with Crippen LogP contribution in [0.4, 0.5) is 11.4 Å². The number of rotatable bonds is 6. The summed E-state index contributed by atoms with van der Waals surface area (Å²) in [5, 5.41) is 0. The molecular formula is C27H31N3O4S. The van der Waals surface area contributed by atoms with Gasteiger partial charge in [0.05, 0.1) is 12.0 Å². The highest BCUT2D eigenvalue weighted by atomic mass is 32.2. The molecule has 1 N–H and O–H groups in total. The van der Waals surface area contributed by atoms with E-state index >= 15 is 0 Å². The molecule has 4 rings (SSSR count). The van der Waals surface area contributed by atoms with E-state index in [2.05, 4.69) is 9.62 Å². The molecule has 7 nitrogen and oxygen atoms in total. The first-order valence-corrected chi connectivity index (χ1v) is 13.1. The fourth-order valence-electron chi connectivity index (χ4n) is 4.13. The highest BCUT2D eigenvalue weighted by Gasteiger charge is 2.21. The van der Waals surface area contributed by atoms with E-state index in [1.165, 1.54) is 0 Å². The second kappa shape index (κ2) is 10.4. The van der Waals surface area contributed by atoms with Crippen molar-refractivity contribution in [2.75, 3.05) is 42.9 Å². The van der Waals surface area contributed by atoms with Crippen LogP contribution in [0.5, 0.6) is 5.75 Å². The molecule has 0 unspecified atom stereocenters. The molecule has 3 aromatic rings. The third kappa shape index (κ3) is 5.77. The molecule has 1 aliphatic heterocycles. The average Bonchev–Trinajstić information content (AvgIpc) is 3.12. The maximum Gasteiger partial charge on any atom is 0.261 e. The van der Waals surface area contributed by atoms with E-state index in [0.717, 1.165) is 42.1 Å². The van der Waals surface area contributed by atoms with Gasteiger partial charge in [0, 0.05) is 43.1 Å². The molecular weight excluding hydrogens is 462 g/mol. The third-order valence-corrected chi connectivity index (χ3v) is 7.77. The predicted octanol–water partition coefficient (Wildman–Crippen LogP) is 4.47. The summed E-state index contributed by atoms with van der Waals surface area (Å²) in [6.45, 7) is 6.73. The average molecular weight is 494 g/mol. The van der Waals surface area contributed by atoms with Crippen molar-refractivity contribution in [1.82, 2.24) is 4.90 Å². The minimum atomic E-state index is -3.71. The summed E-state index contributed by atoms with van der Waals surface area (Å²) in [5.41, 5.74) is 4.02. The zero-order chi connectivity index (χ0) is 25.0. The Labute approximate surface area is 207 Å². The van der Waals surface area contributed by atoms with Gasteiger partial charge in [-0.1, -0.05) is 6.07 Å². The van der Waals surface area contributed by atoms with Crippen molar-refractivity contribution in [2.45, 2.75) is 25.2 Å². The second-order valence-corrected chi connectivity index (χ2v) is 10.4. The van der Waals surface area contributed by atoms with Crippen LogP contribution in [0.1, 0.15) is 27.9 Å². The maximum absolute atomic E-state index is 13.1. The van der Waals surface area contributed by atoms with E-state index in [0.29, 0.717) is 24.3 Å². The molecule has 0 aromatic heterocycles. The Bertz CT molecular complexity index is 1290. The van der Waals surface area contributed by atoms with E-state index in [-0.39, 0.29) is 10.8 Å². The smallest absolute Gasteiger partial charge is 0.261 e. The summed E-state index contributed by atoms with van der Waals surface area (Å²) in [6.07, 6.45) is 0.867. The van der Waals surface area contributed by atoms with Crippen LogP contribution in [0.2, 0.25) is 0 Å². The molecule has 0 bridgehead atoms. The largest absolute Gasteiger partial charge is 0.497 e. The molecule has 0 atom stereocenters. The second-order valence-electron chi connectivity index (χ2n) is 8.76. The molecule has 1 saturated heterocycles. The Hall–Kier alpha value is -3.52. The number of carbonyl (C=O) groups excluding carboxylic acids is 1. The summed E-state index contributed by atoms with van der Waals surface area (Å²) < 4.78 is 33.3. The quantitative estimate of drug-likeness (QED) is 0.548. The van der Waals surface area contributed by atoms with Crippen LogP contribution in [0.25, 0.3) is 0 Å². The number of anilines is 2. The molecule has 3 aromatic carbocycles. The number of carbonyl (C=O) groups is 1. The van der Waals surface area contributed by atoms with E-state index in [9.17, 15) is 13.2 Å². The van der Waals surface area contributed by atoms with Crippen LogP contribution in [-0.4, -0.2) is 52.5 Å². The van der Waals surface area contributed by atoms with Gasteiger partial charge in [-0.25, -0.2) is 8.42 Å². The van der Waals surface area contributed by atoms with Gasteiger partial charge in [-0.2, -0.15) is 0 Å². The molecule has 0 saturated carbocycles. The Morgan fingerprint density at radius 3 is 2.23 bits per heavy atom. The van der Waals surface area contributed by atoms with E-state index in [1.807, 2.05) is 43.0 Å². The van der Waals surface area contributed by atoms with Gasteiger partial charge in [0.25, 0.3) is 15.9 Å². The lowest BCUT2D eigenvalue weighted by Gasteiger charge is -2.24. The van der Waals surface area contributed by atoms with Gasteiger partial charge in [0.2, 0.25) is 0 Å². The highest BCUT2D eigenvalue weighted by Crippen LogP contribution is 2.22. The number of aryl methyl sites for hydroxylation is 2. The monoisotopic (exact) mass is 493 g/mol.